The molecule has 0 atom stereocenters. The standard InChI is InChI=1S/C16H14Br2S2/c1-19-15-7-5-13(17)9-11(15)3-4-12-10-14(18)6-8-16(12)20-2/h3-10H,1-2H3. The van der Waals surface area contributed by atoms with E-state index in [9.17, 15) is 0 Å². The third kappa shape index (κ3) is 4.17. The summed E-state index contributed by atoms with van der Waals surface area (Å²) in [5, 5.41) is 0. The molecule has 104 valence electrons. The van der Waals surface area contributed by atoms with E-state index in [0.29, 0.717) is 0 Å². The van der Waals surface area contributed by atoms with Crippen molar-refractivity contribution in [1.29, 1.82) is 0 Å². The maximum Gasteiger partial charge on any atom is 0.0182 e. The second-order valence-corrected chi connectivity index (χ2v) is 7.63. The Morgan fingerprint density at radius 2 is 1.15 bits per heavy atom. The summed E-state index contributed by atoms with van der Waals surface area (Å²) < 4.78 is 2.21. The van der Waals surface area contributed by atoms with Crippen molar-refractivity contribution in [1.82, 2.24) is 0 Å². The van der Waals surface area contributed by atoms with E-state index in [4.69, 9.17) is 0 Å². The van der Waals surface area contributed by atoms with Crippen LogP contribution in [0, 0.1) is 0 Å². The molecule has 0 aromatic heterocycles. The Balaban J connectivity index is 2.38. The monoisotopic (exact) mass is 428 g/mol. The lowest BCUT2D eigenvalue weighted by Crippen LogP contribution is -1.81. The van der Waals surface area contributed by atoms with Gasteiger partial charge in [0, 0.05) is 18.7 Å². The number of halogens is 2. The summed E-state index contributed by atoms with van der Waals surface area (Å²) in [7, 11) is 0. The average molecular weight is 430 g/mol. The first-order chi connectivity index (χ1) is 9.63. The van der Waals surface area contributed by atoms with Crippen molar-refractivity contribution in [3.05, 3.63) is 56.5 Å². The summed E-state index contributed by atoms with van der Waals surface area (Å²) in [4.78, 5) is 2.57. The normalized spacial score (nSPS) is 11.2. The highest BCUT2D eigenvalue weighted by Gasteiger charge is 2.02. The van der Waals surface area contributed by atoms with Crippen LogP contribution >= 0.6 is 55.4 Å². The zero-order valence-electron chi connectivity index (χ0n) is 11.2. The van der Waals surface area contributed by atoms with Crippen molar-refractivity contribution < 1.29 is 0 Å². The van der Waals surface area contributed by atoms with E-state index in [2.05, 4.69) is 92.9 Å². The molecule has 0 aliphatic heterocycles. The quantitative estimate of drug-likeness (QED) is 0.386. The van der Waals surface area contributed by atoms with E-state index < -0.39 is 0 Å². The molecule has 0 saturated heterocycles. The maximum atomic E-state index is 3.54. The van der Waals surface area contributed by atoms with Crippen molar-refractivity contribution >= 4 is 67.5 Å². The summed E-state index contributed by atoms with van der Waals surface area (Å²) in [6, 6.07) is 12.7. The highest BCUT2D eigenvalue weighted by molar-refractivity contribution is 9.10. The molecule has 0 amide bonds. The lowest BCUT2D eigenvalue weighted by molar-refractivity contribution is 1.39. The van der Waals surface area contributed by atoms with E-state index >= 15 is 0 Å². The number of hydrogen-bond donors (Lipinski definition) is 0. The van der Waals surface area contributed by atoms with Crippen molar-refractivity contribution in [2.45, 2.75) is 9.79 Å². The van der Waals surface area contributed by atoms with Gasteiger partial charge < -0.3 is 0 Å². The van der Waals surface area contributed by atoms with Gasteiger partial charge in [-0.05, 0) is 60.0 Å². The zero-order valence-corrected chi connectivity index (χ0v) is 16.0. The SMILES string of the molecule is CSc1ccc(Br)cc1C=Cc1cc(Br)ccc1SC. The van der Waals surface area contributed by atoms with Gasteiger partial charge in [0.25, 0.3) is 0 Å². The highest BCUT2D eigenvalue weighted by atomic mass is 79.9. The molecule has 0 aliphatic carbocycles. The molecule has 0 nitrogen and oxygen atoms in total. The Bertz CT molecular complexity index is 581. The average Bonchev–Trinajstić information content (AvgIpc) is 2.45. The molecule has 2 aromatic rings. The van der Waals surface area contributed by atoms with Crippen LogP contribution in [0.5, 0.6) is 0 Å². The fourth-order valence-corrected chi connectivity index (χ4v) is 3.74. The van der Waals surface area contributed by atoms with Crippen LogP contribution in [-0.4, -0.2) is 12.5 Å². The molecule has 20 heavy (non-hydrogen) atoms. The molecule has 0 N–H and O–H groups in total. The van der Waals surface area contributed by atoms with Crippen LogP contribution in [0.2, 0.25) is 0 Å². The van der Waals surface area contributed by atoms with Crippen LogP contribution in [0.25, 0.3) is 12.2 Å². The molecular weight excluding hydrogens is 416 g/mol. The summed E-state index contributed by atoms with van der Waals surface area (Å²) in [6.07, 6.45) is 8.57. The fraction of sp³-hybridized carbons (Fsp3) is 0.125. The number of hydrogen-bond acceptors (Lipinski definition) is 2. The summed E-state index contributed by atoms with van der Waals surface area (Å²) in [5.74, 6) is 0. The number of thioether (sulfide) groups is 2. The van der Waals surface area contributed by atoms with Crippen molar-refractivity contribution in [3.63, 3.8) is 0 Å². The van der Waals surface area contributed by atoms with Gasteiger partial charge in [-0.25, -0.2) is 0 Å². The lowest BCUT2D eigenvalue weighted by Gasteiger charge is -2.06. The first-order valence-corrected chi connectivity index (χ1v) is 10.0. The third-order valence-electron chi connectivity index (χ3n) is 2.83. The predicted octanol–water partition coefficient (Wildman–Crippen LogP) is 6.83. The molecule has 0 unspecified atom stereocenters. The smallest absolute Gasteiger partial charge is 0.0182 e. The second-order valence-electron chi connectivity index (χ2n) is 4.11. The Hall–Kier alpha value is -0.160. The molecule has 0 saturated carbocycles. The van der Waals surface area contributed by atoms with Crippen molar-refractivity contribution in [3.8, 4) is 0 Å². The van der Waals surface area contributed by atoms with Crippen molar-refractivity contribution in [2.24, 2.45) is 0 Å². The minimum absolute atomic E-state index is 1.11. The molecule has 4 heteroatoms. The van der Waals surface area contributed by atoms with Gasteiger partial charge in [0.2, 0.25) is 0 Å². The third-order valence-corrected chi connectivity index (χ3v) is 5.44. The van der Waals surface area contributed by atoms with Gasteiger partial charge in [-0.2, -0.15) is 0 Å². The van der Waals surface area contributed by atoms with Gasteiger partial charge in [0.05, 0.1) is 0 Å². The molecule has 0 heterocycles. The molecule has 0 bridgehead atoms. The van der Waals surface area contributed by atoms with Crippen LogP contribution in [-0.2, 0) is 0 Å². The van der Waals surface area contributed by atoms with E-state index in [1.807, 2.05) is 0 Å². The van der Waals surface area contributed by atoms with Gasteiger partial charge in [0.1, 0.15) is 0 Å². The molecule has 0 spiro atoms. The van der Waals surface area contributed by atoms with E-state index in [-0.39, 0.29) is 0 Å². The molecular formula is C16H14Br2S2. The Kier molecular flexibility index (Phi) is 6.27. The summed E-state index contributed by atoms with van der Waals surface area (Å²) in [5.41, 5.74) is 2.47. The first kappa shape index (κ1) is 16.2. The van der Waals surface area contributed by atoms with E-state index in [1.165, 1.54) is 20.9 Å². The van der Waals surface area contributed by atoms with Crippen molar-refractivity contribution in [2.75, 3.05) is 12.5 Å². The van der Waals surface area contributed by atoms with E-state index in [0.717, 1.165) is 8.95 Å². The topological polar surface area (TPSA) is 0 Å². The minimum atomic E-state index is 1.11. The second kappa shape index (κ2) is 7.74. The highest BCUT2D eigenvalue weighted by Crippen LogP contribution is 2.29. The lowest BCUT2D eigenvalue weighted by atomic mass is 10.1. The fourth-order valence-electron chi connectivity index (χ4n) is 1.85. The molecule has 2 rings (SSSR count). The minimum Gasteiger partial charge on any atom is -0.129 e. The predicted molar refractivity (Wildman–Crippen MR) is 101 cm³/mol. The summed E-state index contributed by atoms with van der Waals surface area (Å²) >= 11 is 10.6. The Labute approximate surface area is 145 Å². The van der Waals surface area contributed by atoms with Crippen LogP contribution < -0.4 is 0 Å². The van der Waals surface area contributed by atoms with Crippen LogP contribution in [0.4, 0.5) is 0 Å². The Morgan fingerprint density at radius 1 is 0.750 bits per heavy atom. The molecule has 2 aromatic carbocycles. The molecule has 0 fully saturated rings. The van der Waals surface area contributed by atoms with Gasteiger partial charge in [-0.3, -0.25) is 0 Å². The molecule has 0 radical (unpaired) electrons. The first-order valence-electron chi connectivity index (χ1n) is 5.99. The number of rotatable bonds is 4. The Morgan fingerprint density at radius 3 is 1.50 bits per heavy atom. The van der Waals surface area contributed by atoms with Gasteiger partial charge in [-0.1, -0.05) is 44.0 Å². The van der Waals surface area contributed by atoms with E-state index in [1.54, 1.807) is 23.5 Å². The van der Waals surface area contributed by atoms with Crippen LogP contribution in [0.1, 0.15) is 11.1 Å². The van der Waals surface area contributed by atoms with Gasteiger partial charge >= 0.3 is 0 Å². The largest absolute Gasteiger partial charge is 0.129 e. The zero-order chi connectivity index (χ0) is 14.5. The number of benzene rings is 2. The summed E-state index contributed by atoms with van der Waals surface area (Å²) in [6.45, 7) is 0. The van der Waals surface area contributed by atoms with Gasteiger partial charge in [-0.15, -0.1) is 23.5 Å². The van der Waals surface area contributed by atoms with Gasteiger partial charge in [0.15, 0.2) is 0 Å². The van der Waals surface area contributed by atoms with Crippen LogP contribution in [0.15, 0.2) is 55.1 Å². The molecule has 0 aliphatic rings. The maximum absolute atomic E-state index is 3.54. The van der Waals surface area contributed by atoms with Crippen LogP contribution in [0.3, 0.4) is 0 Å².